The van der Waals surface area contributed by atoms with Gasteiger partial charge in [0.1, 0.15) is 5.01 Å². The Labute approximate surface area is 172 Å². The van der Waals surface area contributed by atoms with Crippen molar-refractivity contribution in [3.8, 4) is 0 Å². The van der Waals surface area contributed by atoms with Crippen molar-refractivity contribution in [2.75, 3.05) is 5.75 Å². The van der Waals surface area contributed by atoms with E-state index in [-0.39, 0.29) is 11.9 Å². The fourth-order valence-corrected chi connectivity index (χ4v) is 4.79. The molecule has 0 aliphatic rings. The van der Waals surface area contributed by atoms with Crippen molar-refractivity contribution >= 4 is 39.2 Å². The number of fused-ring (bicyclic) bond motifs is 1. The van der Waals surface area contributed by atoms with E-state index in [9.17, 15) is 4.79 Å². The molecular formula is C22H19N3OS2. The van der Waals surface area contributed by atoms with Gasteiger partial charge in [-0.05, 0) is 29.8 Å². The number of para-hydroxylation sites is 1. The molecule has 0 saturated carbocycles. The lowest BCUT2D eigenvalue weighted by Crippen LogP contribution is -2.31. The first kappa shape index (κ1) is 18.7. The molecule has 1 N–H and O–H groups in total. The maximum Gasteiger partial charge on any atom is 0.230 e. The molecule has 1 unspecified atom stereocenters. The number of thiazole rings is 1. The van der Waals surface area contributed by atoms with Gasteiger partial charge in [0.15, 0.2) is 0 Å². The second kappa shape index (κ2) is 8.99. The van der Waals surface area contributed by atoms with Crippen LogP contribution in [0.4, 0.5) is 0 Å². The Kier molecular flexibility index (Phi) is 5.99. The molecule has 0 aliphatic heterocycles. The fourth-order valence-electron chi connectivity index (χ4n) is 2.94. The van der Waals surface area contributed by atoms with E-state index >= 15 is 0 Å². The van der Waals surface area contributed by atoms with Gasteiger partial charge in [0, 0.05) is 11.9 Å². The summed E-state index contributed by atoms with van der Waals surface area (Å²) in [7, 11) is 0. The smallest absolute Gasteiger partial charge is 0.230 e. The first-order chi connectivity index (χ1) is 13.8. The normalized spacial score (nSPS) is 12.0. The molecule has 1 amide bonds. The van der Waals surface area contributed by atoms with Crippen molar-refractivity contribution in [1.29, 1.82) is 0 Å². The summed E-state index contributed by atoms with van der Waals surface area (Å²) in [5.41, 5.74) is 2.87. The summed E-state index contributed by atoms with van der Waals surface area (Å²) in [5.74, 6) is 1.10. The lowest BCUT2D eigenvalue weighted by molar-refractivity contribution is -0.119. The van der Waals surface area contributed by atoms with Crippen LogP contribution in [0.1, 0.15) is 22.3 Å². The molecule has 0 fully saturated rings. The maximum absolute atomic E-state index is 12.6. The zero-order valence-corrected chi connectivity index (χ0v) is 16.7. The van der Waals surface area contributed by atoms with E-state index < -0.39 is 0 Å². The van der Waals surface area contributed by atoms with Gasteiger partial charge in [0.2, 0.25) is 5.91 Å². The predicted molar refractivity (Wildman–Crippen MR) is 116 cm³/mol. The van der Waals surface area contributed by atoms with Gasteiger partial charge in [-0.15, -0.1) is 23.1 Å². The van der Waals surface area contributed by atoms with Crippen LogP contribution in [-0.2, 0) is 10.5 Å². The Hall–Kier alpha value is -2.70. The minimum Gasteiger partial charge on any atom is -0.343 e. The summed E-state index contributed by atoms with van der Waals surface area (Å²) in [6, 6.07) is 23.5. The number of nitrogens with one attached hydrogen (secondary N) is 1. The molecule has 6 heteroatoms. The zero-order chi connectivity index (χ0) is 19.2. The maximum atomic E-state index is 12.6. The third-order valence-corrected chi connectivity index (χ3v) is 6.38. The van der Waals surface area contributed by atoms with Crippen LogP contribution in [0.3, 0.4) is 0 Å². The Morgan fingerprint density at radius 3 is 2.57 bits per heavy atom. The van der Waals surface area contributed by atoms with Gasteiger partial charge >= 0.3 is 0 Å². The Morgan fingerprint density at radius 1 is 1.00 bits per heavy atom. The minimum atomic E-state index is -0.252. The first-order valence-electron chi connectivity index (χ1n) is 8.97. The summed E-state index contributed by atoms with van der Waals surface area (Å²) in [6.07, 6.45) is 1.75. The average molecular weight is 406 g/mol. The van der Waals surface area contributed by atoms with Crippen LogP contribution in [0.25, 0.3) is 10.2 Å². The number of pyridine rings is 1. The molecular weight excluding hydrogens is 386 g/mol. The summed E-state index contributed by atoms with van der Waals surface area (Å²) in [5, 5.41) is 4.17. The van der Waals surface area contributed by atoms with Crippen molar-refractivity contribution in [3.63, 3.8) is 0 Å². The summed E-state index contributed by atoms with van der Waals surface area (Å²) < 4.78 is 1.18. The van der Waals surface area contributed by atoms with Crippen LogP contribution < -0.4 is 5.32 Å². The highest BCUT2D eigenvalue weighted by molar-refractivity contribution is 7.99. The van der Waals surface area contributed by atoms with Crippen molar-refractivity contribution in [1.82, 2.24) is 15.3 Å². The average Bonchev–Trinajstić information content (AvgIpc) is 3.16. The Morgan fingerprint density at radius 2 is 1.79 bits per heavy atom. The quantitative estimate of drug-likeness (QED) is 0.478. The standard InChI is InChI=1S/C22H19N3OS2/c26-20(14-27-15-21-24-17-10-4-5-12-19(17)28-21)25-22(16-8-2-1-3-9-16)18-11-6-7-13-23-18/h1-13,22H,14-15H2,(H,25,26). The number of hydrogen-bond donors (Lipinski definition) is 1. The fraction of sp³-hybridized carbons (Fsp3) is 0.136. The van der Waals surface area contributed by atoms with Gasteiger partial charge in [-0.25, -0.2) is 4.98 Å². The van der Waals surface area contributed by atoms with Gasteiger partial charge in [-0.1, -0.05) is 48.5 Å². The molecule has 2 heterocycles. The van der Waals surface area contributed by atoms with Crippen LogP contribution in [0, 0.1) is 0 Å². The SMILES string of the molecule is O=C(CSCc1nc2ccccc2s1)NC(c1ccccc1)c1ccccn1. The molecule has 0 spiro atoms. The molecule has 140 valence electrons. The van der Waals surface area contributed by atoms with Crippen molar-refractivity contribution in [3.05, 3.63) is 95.3 Å². The molecule has 2 aromatic heterocycles. The largest absolute Gasteiger partial charge is 0.343 e. The highest BCUT2D eigenvalue weighted by Gasteiger charge is 2.17. The minimum absolute atomic E-state index is 0.00869. The van der Waals surface area contributed by atoms with E-state index in [4.69, 9.17) is 0 Å². The lowest BCUT2D eigenvalue weighted by atomic mass is 10.0. The van der Waals surface area contributed by atoms with Crippen LogP contribution in [-0.4, -0.2) is 21.6 Å². The zero-order valence-electron chi connectivity index (χ0n) is 15.1. The number of aromatic nitrogens is 2. The molecule has 4 rings (SSSR count). The Bertz CT molecular complexity index is 979. The number of hydrogen-bond acceptors (Lipinski definition) is 5. The monoisotopic (exact) mass is 405 g/mol. The van der Waals surface area contributed by atoms with Gasteiger partial charge in [-0.3, -0.25) is 9.78 Å². The second-order valence-corrected chi connectivity index (χ2v) is 8.33. The number of nitrogens with zero attached hydrogens (tertiary/aromatic N) is 2. The first-order valence-corrected chi connectivity index (χ1v) is 10.9. The Balaban J connectivity index is 1.39. The molecule has 0 saturated heterocycles. The van der Waals surface area contributed by atoms with Crippen LogP contribution in [0.5, 0.6) is 0 Å². The third-order valence-electron chi connectivity index (χ3n) is 4.22. The number of benzene rings is 2. The van der Waals surface area contributed by atoms with Crippen LogP contribution >= 0.6 is 23.1 Å². The topological polar surface area (TPSA) is 54.9 Å². The predicted octanol–water partition coefficient (Wildman–Crippen LogP) is 4.83. The van der Waals surface area contributed by atoms with Gasteiger partial charge in [-0.2, -0.15) is 0 Å². The van der Waals surface area contributed by atoms with Gasteiger partial charge in [0.25, 0.3) is 0 Å². The van der Waals surface area contributed by atoms with Gasteiger partial charge in [0.05, 0.1) is 27.7 Å². The number of carbonyl (C=O) groups excluding carboxylic acids is 1. The van der Waals surface area contributed by atoms with Crippen LogP contribution in [0.2, 0.25) is 0 Å². The molecule has 0 radical (unpaired) electrons. The number of carbonyl (C=O) groups is 1. The highest BCUT2D eigenvalue weighted by atomic mass is 32.2. The van der Waals surface area contributed by atoms with E-state index in [1.54, 1.807) is 29.3 Å². The summed E-state index contributed by atoms with van der Waals surface area (Å²) >= 11 is 3.26. The van der Waals surface area contributed by atoms with E-state index in [2.05, 4.69) is 21.4 Å². The molecule has 2 aromatic carbocycles. The van der Waals surface area contributed by atoms with Crippen molar-refractivity contribution in [2.45, 2.75) is 11.8 Å². The highest BCUT2D eigenvalue weighted by Crippen LogP contribution is 2.25. The van der Waals surface area contributed by atoms with E-state index in [1.807, 2.05) is 66.7 Å². The number of rotatable bonds is 7. The third kappa shape index (κ3) is 4.58. The van der Waals surface area contributed by atoms with Crippen LogP contribution in [0.15, 0.2) is 79.0 Å². The second-order valence-electron chi connectivity index (χ2n) is 6.23. The molecule has 1 atom stereocenters. The summed E-state index contributed by atoms with van der Waals surface area (Å²) in [6.45, 7) is 0. The van der Waals surface area contributed by atoms with E-state index in [0.717, 1.165) is 27.5 Å². The van der Waals surface area contributed by atoms with E-state index in [1.165, 1.54) is 4.70 Å². The van der Waals surface area contributed by atoms with Crippen molar-refractivity contribution < 1.29 is 4.79 Å². The lowest BCUT2D eigenvalue weighted by Gasteiger charge is -2.18. The number of thioether (sulfide) groups is 1. The summed E-state index contributed by atoms with van der Waals surface area (Å²) in [4.78, 5) is 21.6. The van der Waals surface area contributed by atoms with Gasteiger partial charge < -0.3 is 5.32 Å². The molecule has 0 aliphatic carbocycles. The molecule has 28 heavy (non-hydrogen) atoms. The van der Waals surface area contributed by atoms with Crippen molar-refractivity contribution in [2.24, 2.45) is 0 Å². The van der Waals surface area contributed by atoms with E-state index in [0.29, 0.717) is 5.75 Å². The molecule has 0 bridgehead atoms. The molecule has 4 aromatic rings. The molecule has 4 nitrogen and oxygen atoms in total. The number of amides is 1.